The molecule has 0 aliphatic carbocycles. The van der Waals surface area contributed by atoms with Crippen LogP contribution in [0.4, 0.5) is 0 Å². The van der Waals surface area contributed by atoms with Crippen molar-refractivity contribution in [2.24, 2.45) is 0 Å². The number of hydrogen-bond donors (Lipinski definition) is 9. The fourth-order valence-corrected chi connectivity index (χ4v) is 4.66. The van der Waals surface area contributed by atoms with Crippen molar-refractivity contribution in [3.8, 4) is 40.2 Å². The van der Waals surface area contributed by atoms with Crippen LogP contribution in [-0.4, -0.2) is 94.0 Å². The SMILES string of the molecule is O=C(/C=C/c1ccc(O)cc1)OC[C@@H]1O[C@@H](OC2=Cc3c(O)cc(O)cc3[OH+]C2c2cc(O)c(O)c(O)c2)[C@@H](O)[C@H](O)[C@H]1O. The Morgan fingerprint density at radius 2 is 1.52 bits per heavy atom. The molecule has 232 valence electrons. The average Bonchev–Trinajstić information content (AvgIpc) is 2.98. The standard InChI is InChI=1S/C30H28O14/c31-15-4-1-13(2-5-15)3-6-24(36)41-12-23-26(38)27(39)28(40)30(44-23)43-22-11-17-18(33)9-16(32)10-21(17)42-29(22)14-7-19(34)25(37)20(35)8-14/h1-11,23,26-35,37-40H,12H2/p+1/b6-3+/t23-,26-,27+,28-,29?,30+/m0/s1. The van der Waals surface area contributed by atoms with Crippen LogP contribution in [0.15, 0.2) is 60.4 Å². The van der Waals surface area contributed by atoms with E-state index >= 15 is 0 Å². The third-order valence-electron chi connectivity index (χ3n) is 6.97. The lowest BCUT2D eigenvalue weighted by molar-refractivity contribution is -0.296. The minimum absolute atomic E-state index is 0.0503. The highest BCUT2D eigenvalue weighted by atomic mass is 16.7. The molecule has 2 aliphatic rings. The van der Waals surface area contributed by atoms with E-state index in [0.29, 0.717) is 5.56 Å². The van der Waals surface area contributed by atoms with E-state index in [2.05, 4.69) is 4.74 Å². The summed E-state index contributed by atoms with van der Waals surface area (Å²) in [5.74, 6) is -3.66. The lowest BCUT2D eigenvalue weighted by Crippen LogP contribution is -2.59. The summed E-state index contributed by atoms with van der Waals surface area (Å²) in [5, 5.41) is 91.4. The van der Waals surface area contributed by atoms with Crippen molar-refractivity contribution in [3.05, 3.63) is 77.1 Å². The van der Waals surface area contributed by atoms with Crippen LogP contribution in [0.2, 0.25) is 0 Å². The zero-order chi connectivity index (χ0) is 31.7. The molecule has 0 amide bonds. The number of fused-ring (bicyclic) bond motifs is 1. The van der Waals surface area contributed by atoms with Crippen LogP contribution in [0.25, 0.3) is 12.2 Å². The fourth-order valence-electron chi connectivity index (χ4n) is 4.66. The highest BCUT2D eigenvalue weighted by Crippen LogP contribution is 2.47. The second kappa shape index (κ2) is 12.2. The average molecular weight is 614 g/mol. The number of ether oxygens (including phenoxy) is 4. The fraction of sp³-hybridized carbons (Fsp3) is 0.233. The number of hydrogen-bond acceptors (Lipinski definition) is 13. The Morgan fingerprint density at radius 3 is 2.20 bits per heavy atom. The van der Waals surface area contributed by atoms with Crippen molar-refractivity contribution < 1.29 is 69.7 Å². The van der Waals surface area contributed by atoms with Gasteiger partial charge in [-0.15, -0.1) is 0 Å². The maximum absolute atomic E-state index is 12.3. The molecule has 14 nitrogen and oxygen atoms in total. The van der Waals surface area contributed by atoms with E-state index in [1.54, 1.807) is 12.1 Å². The Balaban J connectivity index is 1.37. The highest BCUT2D eigenvalue weighted by Gasteiger charge is 2.47. The number of aliphatic hydroxyl groups excluding tert-OH is 3. The Hall–Kier alpha value is -5.15. The quantitative estimate of drug-likeness (QED) is 0.0792. The molecular formula is C30H29O14+. The van der Waals surface area contributed by atoms with E-state index in [1.807, 2.05) is 0 Å². The number of esters is 1. The molecule has 2 heterocycles. The van der Waals surface area contributed by atoms with Crippen molar-refractivity contribution in [3.63, 3.8) is 0 Å². The number of carbonyl (C=O) groups excluding carboxylic acids is 1. The van der Waals surface area contributed by atoms with Crippen LogP contribution in [0.1, 0.15) is 22.8 Å². The number of aromatic hydroxyl groups is 7. The summed E-state index contributed by atoms with van der Waals surface area (Å²) >= 11 is 0. The summed E-state index contributed by atoms with van der Waals surface area (Å²) in [7, 11) is 0. The summed E-state index contributed by atoms with van der Waals surface area (Å²) in [6, 6.07) is 10.4. The molecule has 1 saturated heterocycles. The van der Waals surface area contributed by atoms with Gasteiger partial charge in [0.1, 0.15) is 53.8 Å². The third-order valence-corrected chi connectivity index (χ3v) is 6.97. The van der Waals surface area contributed by atoms with E-state index in [4.69, 9.17) is 14.2 Å². The molecule has 0 aromatic heterocycles. The lowest BCUT2D eigenvalue weighted by Gasteiger charge is -2.40. The maximum atomic E-state index is 12.3. The van der Waals surface area contributed by atoms with Crippen molar-refractivity contribution in [2.45, 2.75) is 36.8 Å². The maximum Gasteiger partial charge on any atom is 0.330 e. The van der Waals surface area contributed by atoms with Crippen molar-refractivity contribution >= 4 is 18.1 Å². The first-order valence-electron chi connectivity index (χ1n) is 13.1. The van der Waals surface area contributed by atoms with E-state index in [0.717, 1.165) is 24.3 Å². The topological polar surface area (TPSA) is 240 Å². The summed E-state index contributed by atoms with van der Waals surface area (Å²) < 4.78 is 21.1. The summed E-state index contributed by atoms with van der Waals surface area (Å²) in [6.07, 6.45) is -5.79. The van der Waals surface area contributed by atoms with Gasteiger partial charge in [0.2, 0.25) is 6.29 Å². The van der Waals surface area contributed by atoms with Crippen LogP contribution >= 0.6 is 0 Å². The van der Waals surface area contributed by atoms with E-state index in [9.17, 15) is 50.8 Å². The van der Waals surface area contributed by atoms with Gasteiger partial charge in [0.15, 0.2) is 23.0 Å². The normalized spacial score (nSPS) is 24.7. The van der Waals surface area contributed by atoms with Gasteiger partial charge in [-0.3, -0.25) is 0 Å². The molecule has 14 heteroatoms. The van der Waals surface area contributed by atoms with Gasteiger partial charge in [-0.25, -0.2) is 4.79 Å². The molecule has 44 heavy (non-hydrogen) atoms. The predicted molar refractivity (Wildman–Crippen MR) is 149 cm³/mol. The smallest absolute Gasteiger partial charge is 0.330 e. The van der Waals surface area contributed by atoms with Gasteiger partial charge in [-0.05, 0) is 35.9 Å². The zero-order valence-electron chi connectivity index (χ0n) is 22.6. The van der Waals surface area contributed by atoms with Crippen LogP contribution in [-0.2, 0) is 19.0 Å². The monoisotopic (exact) mass is 613 g/mol. The van der Waals surface area contributed by atoms with Crippen LogP contribution in [0, 0.1) is 0 Å². The summed E-state index contributed by atoms with van der Waals surface area (Å²) in [5.41, 5.74) is 0.770. The Kier molecular flexibility index (Phi) is 8.42. The molecule has 3 aromatic rings. The second-order valence-electron chi connectivity index (χ2n) is 10.1. The lowest BCUT2D eigenvalue weighted by atomic mass is 9.98. The molecule has 0 saturated carbocycles. The van der Waals surface area contributed by atoms with E-state index in [-0.39, 0.29) is 39.9 Å². The molecule has 6 atom stereocenters. The molecule has 0 bridgehead atoms. The number of rotatable bonds is 7. The van der Waals surface area contributed by atoms with Crippen LogP contribution < -0.4 is 0 Å². The molecule has 3 aromatic carbocycles. The van der Waals surface area contributed by atoms with Crippen LogP contribution in [0.5, 0.6) is 40.2 Å². The van der Waals surface area contributed by atoms with Gasteiger partial charge < -0.3 is 64.9 Å². The molecule has 2 aliphatic heterocycles. The van der Waals surface area contributed by atoms with Crippen molar-refractivity contribution in [1.82, 2.24) is 0 Å². The van der Waals surface area contributed by atoms with Gasteiger partial charge in [-0.2, -0.15) is 0 Å². The number of phenolic OH excluding ortho intramolecular Hbond substituents is 6. The largest absolute Gasteiger partial charge is 0.571 e. The first-order chi connectivity index (χ1) is 20.9. The molecule has 1 unspecified atom stereocenters. The number of aliphatic hydroxyl groups is 4. The predicted octanol–water partition coefficient (Wildman–Crippen LogP) is 1.34. The summed E-state index contributed by atoms with van der Waals surface area (Å²) in [4.78, 5) is 12.3. The molecular weight excluding hydrogens is 584 g/mol. The highest BCUT2D eigenvalue weighted by molar-refractivity contribution is 5.87. The Morgan fingerprint density at radius 1 is 0.841 bits per heavy atom. The van der Waals surface area contributed by atoms with Gasteiger partial charge >= 0.3 is 5.97 Å². The van der Waals surface area contributed by atoms with Gasteiger partial charge in [-0.1, -0.05) is 12.1 Å². The Bertz CT molecular complexity index is 1570. The summed E-state index contributed by atoms with van der Waals surface area (Å²) in [6.45, 7) is -0.557. The number of phenols is 6. The van der Waals surface area contributed by atoms with Crippen molar-refractivity contribution in [1.29, 1.82) is 0 Å². The van der Waals surface area contributed by atoms with Gasteiger partial charge in [0, 0.05) is 18.2 Å². The molecule has 0 spiro atoms. The van der Waals surface area contributed by atoms with Gasteiger partial charge in [0.05, 0.1) is 11.6 Å². The van der Waals surface area contributed by atoms with E-state index in [1.165, 1.54) is 30.4 Å². The molecule has 0 radical (unpaired) electrons. The minimum atomic E-state index is -1.83. The van der Waals surface area contributed by atoms with Crippen molar-refractivity contribution in [2.75, 3.05) is 6.61 Å². The first-order valence-corrected chi connectivity index (χ1v) is 13.1. The van der Waals surface area contributed by atoms with Gasteiger partial charge in [0.25, 0.3) is 11.9 Å². The van der Waals surface area contributed by atoms with Crippen LogP contribution in [0.3, 0.4) is 0 Å². The number of carbonyl (C=O) groups is 1. The Labute approximate surface area is 248 Å². The molecule has 5 rings (SSSR count). The van der Waals surface area contributed by atoms with E-state index < -0.39 is 66.6 Å². The number of benzene rings is 3. The second-order valence-corrected chi connectivity index (χ2v) is 10.1. The minimum Gasteiger partial charge on any atom is -0.571 e. The molecule has 1 fully saturated rings. The first kappa shape index (κ1) is 30.3. The third kappa shape index (κ3) is 6.28. The molecule has 10 N–H and O–H groups in total. The zero-order valence-corrected chi connectivity index (χ0v) is 22.6.